The summed E-state index contributed by atoms with van der Waals surface area (Å²) in [7, 11) is 0. The summed E-state index contributed by atoms with van der Waals surface area (Å²) >= 11 is 0. The smallest absolute Gasteiger partial charge is 0.257 e. The van der Waals surface area contributed by atoms with Gasteiger partial charge in [0.15, 0.2) is 0 Å². The Bertz CT molecular complexity index is 703. The molecule has 0 fully saturated rings. The van der Waals surface area contributed by atoms with Crippen molar-refractivity contribution in [3.8, 4) is 11.4 Å². The lowest BCUT2D eigenvalue weighted by atomic mass is 10.0. The molecule has 1 atom stereocenters. The first kappa shape index (κ1) is 11.8. The lowest BCUT2D eigenvalue weighted by Crippen LogP contribution is -2.11. The Kier molecular flexibility index (Phi) is 2.98. The molecule has 96 valence electrons. The van der Waals surface area contributed by atoms with E-state index < -0.39 is 6.10 Å². The number of aromatic nitrogens is 2. The molecule has 0 saturated carbocycles. The molecule has 3 aromatic rings. The van der Waals surface area contributed by atoms with E-state index in [9.17, 15) is 5.11 Å². The Morgan fingerprint density at radius 1 is 1.16 bits per heavy atom. The van der Waals surface area contributed by atoms with E-state index in [0.717, 1.165) is 16.3 Å². The van der Waals surface area contributed by atoms with E-state index >= 15 is 0 Å². The van der Waals surface area contributed by atoms with Crippen LogP contribution >= 0.6 is 0 Å². The van der Waals surface area contributed by atoms with Gasteiger partial charge in [0, 0.05) is 12.1 Å². The number of aliphatic hydroxyl groups excluding tert-OH is 1. The fourth-order valence-electron chi connectivity index (χ4n) is 2.00. The van der Waals surface area contributed by atoms with Gasteiger partial charge in [-0.15, -0.1) is 0 Å². The molecule has 0 amide bonds. The van der Waals surface area contributed by atoms with Crippen molar-refractivity contribution in [1.29, 1.82) is 0 Å². The average molecular weight is 255 g/mol. The van der Waals surface area contributed by atoms with Crippen molar-refractivity contribution in [2.75, 3.05) is 6.54 Å². The first-order valence-corrected chi connectivity index (χ1v) is 5.99. The van der Waals surface area contributed by atoms with Crippen molar-refractivity contribution in [3.63, 3.8) is 0 Å². The Balaban J connectivity index is 2.12. The number of nitrogens with two attached hydrogens (primary N) is 1. The van der Waals surface area contributed by atoms with Crippen LogP contribution in [-0.4, -0.2) is 21.8 Å². The van der Waals surface area contributed by atoms with E-state index in [2.05, 4.69) is 10.1 Å². The summed E-state index contributed by atoms with van der Waals surface area (Å²) in [6.45, 7) is 0.0527. The zero-order valence-corrected chi connectivity index (χ0v) is 10.2. The highest BCUT2D eigenvalue weighted by Crippen LogP contribution is 2.27. The second kappa shape index (κ2) is 4.79. The van der Waals surface area contributed by atoms with Crippen LogP contribution in [0.15, 0.2) is 47.0 Å². The zero-order chi connectivity index (χ0) is 13.2. The molecule has 1 heterocycles. The normalized spacial score (nSPS) is 12.7. The summed E-state index contributed by atoms with van der Waals surface area (Å²) in [5, 5.41) is 15.6. The molecule has 0 bridgehead atoms. The highest BCUT2D eigenvalue weighted by atomic mass is 16.5. The number of hydrogen-bond donors (Lipinski definition) is 2. The van der Waals surface area contributed by atoms with Gasteiger partial charge in [-0.3, -0.25) is 0 Å². The van der Waals surface area contributed by atoms with Crippen molar-refractivity contribution in [2.45, 2.75) is 6.10 Å². The van der Waals surface area contributed by atoms with E-state index in [-0.39, 0.29) is 12.4 Å². The van der Waals surface area contributed by atoms with Crippen LogP contribution < -0.4 is 5.73 Å². The summed E-state index contributed by atoms with van der Waals surface area (Å²) in [4.78, 5) is 4.19. The second-order valence-corrected chi connectivity index (χ2v) is 4.23. The van der Waals surface area contributed by atoms with Crippen LogP contribution in [0.3, 0.4) is 0 Å². The van der Waals surface area contributed by atoms with Gasteiger partial charge in [0.2, 0.25) is 5.82 Å². The highest BCUT2D eigenvalue weighted by Gasteiger charge is 2.16. The molecule has 0 aliphatic carbocycles. The van der Waals surface area contributed by atoms with E-state index in [1.807, 2.05) is 42.5 Å². The van der Waals surface area contributed by atoms with Gasteiger partial charge in [-0.05, 0) is 10.8 Å². The van der Waals surface area contributed by atoms with E-state index in [4.69, 9.17) is 10.3 Å². The lowest BCUT2D eigenvalue weighted by Gasteiger charge is -2.02. The van der Waals surface area contributed by atoms with Crippen molar-refractivity contribution in [1.82, 2.24) is 10.1 Å². The SMILES string of the molecule is NCC(O)c1nc(-c2cccc3ccccc23)no1. The molecule has 19 heavy (non-hydrogen) atoms. The van der Waals surface area contributed by atoms with Gasteiger partial charge in [0.1, 0.15) is 6.10 Å². The fourth-order valence-corrected chi connectivity index (χ4v) is 2.00. The van der Waals surface area contributed by atoms with Gasteiger partial charge in [0.25, 0.3) is 5.89 Å². The Hall–Kier alpha value is -2.24. The summed E-state index contributed by atoms with van der Waals surface area (Å²) in [5.41, 5.74) is 6.24. The minimum Gasteiger partial charge on any atom is -0.382 e. The molecule has 3 N–H and O–H groups in total. The monoisotopic (exact) mass is 255 g/mol. The summed E-state index contributed by atoms with van der Waals surface area (Å²) < 4.78 is 5.03. The standard InChI is InChI=1S/C14H13N3O2/c15-8-12(18)14-16-13(17-19-14)11-7-3-5-9-4-1-2-6-10(9)11/h1-7,12,18H,8,15H2. The number of benzene rings is 2. The van der Waals surface area contributed by atoms with Gasteiger partial charge < -0.3 is 15.4 Å². The van der Waals surface area contributed by atoms with Gasteiger partial charge >= 0.3 is 0 Å². The molecule has 0 aliphatic heterocycles. The van der Waals surface area contributed by atoms with Crippen LogP contribution in [0.25, 0.3) is 22.2 Å². The van der Waals surface area contributed by atoms with Crippen LogP contribution in [-0.2, 0) is 0 Å². The van der Waals surface area contributed by atoms with Gasteiger partial charge in [-0.2, -0.15) is 4.98 Å². The zero-order valence-electron chi connectivity index (χ0n) is 10.2. The molecule has 1 aromatic heterocycles. The number of hydrogen-bond acceptors (Lipinski definition) is 5. The molecular formula is C14H13N3O2. The number of aliphatic hydroxyl groups is 1. The first-order valence-electron chi connectivity index (χ1n) is 5.99. The van der Waals surface area contributed by atoms with Crippen molar-refractivity contribution >= 4 is 10.8 Å². The summed E-state index contributed by atoms with van der Waals surface area (Å²) in [6, 6.07) is 13.8. The quantitative estimate of drug-likeness (QED) is 0.746. The first-order chi connectivity index (χ1) is 9.29. The van der Waals surface area contributed by atoms with E-state index in [1.54, 1.807) is 0 Å². The van der Waals surface area contributed by atoms with Gasteiger partial charge in [0.05, 0.1) is 0 Å². The van der Waals surface area contributed by atoms with Crippen LogP contribution in [0, 0.1) is 0 Å². The molecule has 0 spiro atoms. The van der Waals surface area contributed by atoms with Crippen molar-refractivity contribution in [2.24, 2.45) is 5.73 Å². The second-order valence-electron chi connectivity index (χ2n) is 4.23. The maximum Gasteiger partial charge on any atom is 0.257 e. The van der Waals surface area contributed by atoms with Crippen LogP contribution in [0.4, 0.5) is 0 Å². The summed E-state index contributed by atoms with van der Waals surface area (Å²) in [5.74, 6) is 0.602. The number of rotatable bonds is 3. The van der Waals surface area contributed by atoms with Crippen molar-refractivity contribution < 1.29 is 9.63 Å². The molecule has 0 radical (unpaired) electrons. The molecule has 0 saturated heterocycles. The maximum absolute atomic E-state index is 9.58. The third-order valence-electron chi connectivity index (χ3n) is 2.98. The van der Waals surface area contributed by atoms with E-state index in [1.165, 1.54) is 0 Å². The predicted molar refractivity (Wildman–Crippen MR) is 71.3 cm³/mol. The number of fused-ring (bicyclic) bond motifs is 1. The predicted octanol–water partition coefficient (Wildman–Crippen LogP) is 1.88. The molecule has 3 rings (SSSR count). The molecule has 1 unspecified atom stereocenters. The van der Waals surface area contributed by atoms with Gasteiger partial charge in [-0.1, -0.05) is 47.6 Å². The minimum absolute atomic E-state index is 0.0527. The maximum atomic E-state index is 9.58. The summed E-state index contributed by atoms with van der Waals surface area (Å²) in [6.07, 6.45) is -0.920. The molecule has 5 heteroatoms. The number of nitrogens with zero attached hydrogens (tertiary/aromatic N) is 2. The van der Waals surface area contributed by atoms with E-state index in [0.29, 0.717) is 5.82 Å². The topological polar surface area (TPSA) is 85.2 Å². The molecule has 2 aromatic carbocycles. The van der Waals surface area contributed by atoms with Crippen LogP contribution in [0.2, 0.25) is 0 Å². The van der Waals surface area contributed by atoms with Gasteiger partial charge in [-0.25, -0.2) is 0 Å². The Morgan fingerprint density at radius 3 is 2.79 bits per heavy atom. The largest absolute Gasteiger partial charge is 0.382 e. The third-order valence-corrected chi connectivity index (χ3v) is 2.98. The van der Waals surface area contributed by atoms with Crippen LogP contribution in [0.1, 0.15) is 12.0 Å². The molecule has 5 nitrogen and oxygen atoms in total. The lowest BCUT2D eigenvalue weighted by molar-refractivity contribution is 0.141. The third kappa shape index (κ3) is 2.09. The molecular weight excluding hydrogens is 242 g/mol. The Morgan fingerprint density at radius 2 is 1.95 bits per heavy atom. The highest BCUT2D eigenvalue weighted by molar-refractivity contribution is 5.94. The van der Waals surface area contributed by atoms with Crippen molar-refractivity contribution in [3.05, 3.63) is 48.4 Å². The van der Waals surface area contributed by atoms with Crippen LogP contribution in [0.5, 0.6) is 0 Å². The molecule has 0 aliphatic rings. The minimum atomic E-state index is -0.920. The Labute approximate surface area is 109 Å². The average Bonchev–Trinajstić information content (AvgIpc) is 2.95. The fraction of sp³-hybridized carbons (Fsp3) is 0.143.